The van der Waals surface area contributed by atoms with Gasteiger partial charge in [0.2, 0.25) is 0 Å². The first-order valence-electron chi connectivity index (χ1n) is 12.8. The second-order valence-electron chi connectivity index (χ2n) is 11.4. The predicted molar refractivity (Wildman–Crippen MR) is 155 cm³/mol. The average molecular weight is 605 g/mol. The number of nitrogens with one attached hydrogen (secondary N) is 1. The molecule has 40 heavy (non-hydrogen) atoms. The highest BCUT2D eigenvalue weighted by Gasteiger charge is 2.61. The molecule has 10 heteroatoms. The molecule has 4 atom stereocenters. The number of rotatable bonds is 5. The Balaban J connectivity index is 1.88. The zero-order valence-electron chi connectivity index (χ0n) is 22.2. The van der Waals surface area contributed by atoms with Crippen LogP contribution in [0.5, 0.6) is 0 Å². The summed E-state index contributed by atoms with van der Waals surface area (Å²) in [5.74, 6) is -2.77. The molecule has 2 aliphatic rings. The Morgan fingerprint density at radius 3 is 2.42 bits per heavy atom. The fourth-order valence-corrected chi connectivity index (χ4v) is 6.61. The predicted octanol–water partition coefficient (Wildman–Crippen LogP) is 8.17. The van der Waals surface area contributed by atoms with Gasteiger partial charge in [0, 0.05) is 39.7 Å². The highest BCUT2D eigenvalue weighted by Crippen LogP contribution is 2.54. The van der Waals surface area contributed by atoms with Crippen LogP contribution in [0.3, 0.4) is 0 Å². The molecule has 6 nitrogen and oxygen atoms in total. The molecule has 2 aromatic rings. The number of carboxylic acids is 1. The minimum absolute atomic E-state index is 0.0737. The lowest BCUT2D eigenvalue weighted by molar-refractivity contribution is 0.0697. The van der Waals surface area contributed by atoms with E-state index in [4.69, 9.17) is 34.8 Å². The molecule has 1 heterocycles. The SMILES string of the molecule is CC(C)(C)C[C@@H]1CN(C(=O)Nc2ccc(C(=O)O)cc2)[C@H](C2CC=CC(Cl)=C2Cl)[C@@]1(C#N)c1ccc(Cl)cc1F. The number of benzene rings is 2. The number of carboxylic acid groups (broad SMARTS) is 1. The number of hydrogen-bond acceptors (Lipinski definition) is 3. The zero-order valence-corrected chi connectivity index (χ0v) is 24.5. The topological polar surface area (TPSA) is 93.4 Å². The van der Waals surface area contributed by atoms with Gasteiger partial charge in [0.1, 0.15) is 11.2 Å². The van der Waals surface area contributed by atoms with E-state index in [0.29, 0.717) is 28.6 Å². The van der Waals surface area contributed by atoms with Gasteiger partial charge >= 0.3 is 12.0 Å². The lowest BCUT2D eigenvalue weighted by atomic mass is 9.62. The summed E-state index contributed by atoms with van der Waals surface area (Å²) in [6.45, 7) is 6.24. The van der Waals surface area contributed by atoms with Crippen LogP contribution >= 0.6 is 34.8 Å². The van der Waals surface area contributed by atoms with E-state index in [-0.39, 0.29) is 28.1 Å². The van der Waals surface area contributed by atoms with Crippen molar-refractivity contribution in [1.82, 2.24) is 4.90 Å². The number of nitrogens with zero attached hydrogens (tertiary/aromatic N) is 2. The van der Waals surface area contributed by atoms with Crippen LogP contribution in [0.25, 0.3) is 0 Å². The summed E-state index contributed by atoms with van der Waals surface area (Å²) in [6.07, 6.45) is 4.40. The van der Waals surface area contributed by atoms with Crippen molar-refractivity contribution in [2.45, 2.75) is 45.1 Å². The number of halogens is 4. The van der Waals surface area contributed by atoms with Crippen LogP contribution in [0.2, 0.25) is 5.02 Å². The summed E-state index contributed by atoms with van der Waals surface area (Å²) in [5.41, 5.74) is -1.15. The molecule has 0 bridgehead atoms. The smallest absolute Gasteiger partial charge is 0.335 e. The van der Waals surface area contributed by atoms with E-state index in [1.807, 2.05) is 26.8 Å². The minimum Gasteiger partial charge on any atom is -0.478 e. The van der Waals surface area contributed by atoms with E-state index in [0.717, 1.165) is 0 Å². The molecule has 1 fully saturated rings. The maximum absolute atomic E-state index is 15.7. The number of amides is 2. The molecule has 2 amide bonds. The number of carbonyl (C=O) groups excluding carboxylic acids is 1. The Bertz CT molecular complexity index is 1430. The third-order valence-corrected chi connectivity index (χ3v) is 8.66. The fraction of sp³-hybridized carbons (Fsp3) is 0.367. The number of hydrogen-bond donors (Lipinski definition) is 2. The molecule has 0 aromatic heterocycles. The van der Waals surface area contributed by atoms with Crippen LogP contribution in [0, 0.1) is 34.4 Å². The van der Waals surface area contributed by atoms with E-state index < -0.39 is 41.1 Å². The molecule has 2 N–H and O–H groups in total. The standard InChI is InChI=1S/C30H29Cl3FN3O3/c1-29(2,3)14-18-15-37(28(40)36-20-10-7-17(8-11-20)27(38)39)26(21-5-4-6-23(32)25(21)33)30(18,16-35)22-12-9-19(31)13-24(22)34/h4,6-13,18,21,26H,5,14-15H2,1-3H3,(H,36,40)(H,38,39)/t18-,21?,26-,30-/m1/s1. The van der Waals surface area contributed by atoms with Crippen LogP contribution in [-0.2, 0) is 5.41 Å². The second kappa shape index (κ2) is 11.4. The van der Waals surface area contributed by atoms with Crippen molar-refractivity contribution in [1.29, 1.82) is 5.26 Å². The summed E-state index contributed by atoms with van der Waals surface area (Å²) in [4.78, 5) is 26.7. The number of aromatic carboxylic acids is 1. The van der Waals surface area contributed by atoms with E-state index in [1.165, 1.54) is 36.4 Å². The Labute approximate surface area is 248 Å². The van der Waals surface area contributed by atoms with Crippen LogP contribution in [0.1, 0.15) is 49.5 Å². The average Bonchev–Trinajstić information content (AvgIpc) is 3.19. The Morgan fingerprint density at radius 1 is 1.18 bits per heavy atom. The number of likely N-dealkylation sites (tertiary alicyclic amines) is 1. The van der Waals surface area contributed by atoms with Gasteiger partial charge in [-0.1, -0.05) is 67.7 Å². The highest BCUT2D eigenvalue weighted by atomic mass is 35.5. The first kappa shape index (κ1) is 29.9. The minimum atomic E-state index is -1.49. The molecule has 1 saturated heterocycles. The van der Waals surface area contributed by atoms with Gasteiger partial charge in [-0.15, -0.1) is 0 Å². The summed E-state index contributed by atoms with van der Waals surface area (Å²) in [7, 11) is 0. The second-order valence-corrected chi connectivity index (χ2v) is 12.7. The molecule has 1 aliphatic heterocycles. The quantitative estimate of drug-likeness (QED) is 0.360. The summed E-state index contributed by atoms with van der Waals surface area (Å²) >= 11 is 19.3. The van der Waals surface area contributed by atoms with Crippen molar-refractivity contribution < 1.29 is 19.1 Å². The van der Waals surface area contributed by atoms with Crippen molar-refractivity contribution >= 4 is 52.5 Å². The van der Waals surface area contributed by atoms with Crippen molar-refractivity contribution in [3.8, 4) is 6.07 Å². The third kappa shape index (κ3) is 5.72. The van der Waals surface area contributed by atoms with Crippen LogP contribution in [-0.4, -0.2) is 34.6 Å². The van der Waals surface area contributed by atoms with Gasteiger partial charge in [-0.2, -0.15) is 5.26 Å². The number of carbonyl (C=O) groups is 2. The molecule has 0 spiro atoms. The summed E-state index contributed by atoms with van der Waals surface area (Å²) < 4.78 is 15.7. The normalized spacial score (nSPS) is 24.6. The molecular weight excluding hydrogens is 576 g/mol. The molecule has 0 saturated carbocycles. The summed E-state index contributed by atoms with van der Waals surface area (Å²) in [6, 6.07) is 11.0. The molecule has 4 rings (SSSR count). The largest absolute Gasteiger partial charge is 0.478 e. The van der Waals surface area contributed by atoms with E-state index >= 15 is 4.39 Å². The number of nitriles is 1. The first-order valence-corrected chi connectivity index (χ1v) is 13.9. The van der Waals surface area contributed by atoms with Crippen LogP contribution in [0.4, 0.5) is 14.9 Å². The molecule has 1 aliphatic carbocycles. The van der Waals surface area contributed by atoms with E-state index in [1.54, 1.807) is 17.0 Å². The van der Waals surface area contributed by atoms with Gasteiger partial charge < -0.3 is 15.3 Å². The first-order chi connectivity index (χ1) is 18.8. The van der Waals surface area contributed by atoms with Crippen LogP contribution in [0.15, 0.2) is 64.7 Å². The van der Waals surface area contributed by atoms with Crippen molar-refractivity contribution in [3.05, 3.63) is 86.6 Å². The molecule has 0 radical (unpaired) electrons. The third-order valence-electron chi connectivity index (χ3n) is 7.52. The summed E-state index contributed by atoms with van der Waals surface area (Å²) in [5, 5.41) is 23.8. The van der Waals surface area contributed by atoms with Gasteiger partial charge in [-0.05, 0) is 60.7 Å². The monoisotopic (exact) mass is 603 g/mol. The number of allylic oxidation sites excluding steroid dienone is 3. The van der Waals surface area contributed by atoms with Gasteiger partial charge in [0.15, 0.2) is 0 Å². The lowest BCUT2D eigenvalue weighted by Gasteiger charge is -2.42. The Morgan fingerprint density at radius 2 is 1.85 bits per heavy atom. The number of anilines is 1. The van der Waals surface area contributed by atoms with Crippen molar-refractivity contribution in [2.24, 2.45) is 17.3 Å². The lowest BCUT2D eigenvalue weighted by Crippen LogP contribution is -2.52. The maximum Gasteiger partial charge on any atom is 0.335 e. The highest BCUT2D eigenvalue weighted by molar-refractivity contribution is 6.40. The fourth-order valence-electron chi connectivity index (χ4n) is 5.95. The van der Waals surface area contributed by atoms with Crippen LogP contribution < -0.4 is 5.32 Å². The Hall–Kier alpha value is -3.05. The van der Waals surface area contributed by atoms with Gasteiger partial charge in [-0.3, -0.25) is 0 Å². The van der Waals surface area contributed by atoms with Gasteiger partial charge in [0.25, 0.3) is 0 Å². The molecule has 1 unspecified atom stereocenters. The van der Waals surface area contributed by atoms with Gasteiger partial charge in [0.05, 0.1) is 22.7 Å². The maximum atomic E-state index is 15.7. The molecular formula is C30H29Cl3FN3O3. The van der Waals surface area contributed by atoms with E-state index in [9.17, 15) is 20.0 Å². The Kier molecular flexibility index (Phi) is 8.56. The molecule has 2 aromatic carbocycles. The van der Waals surface area contributed by atoms with Crippen molar-refractivity contribution in [2.75, 3.05) is 11.9 Å². The molecule has 210 valence electrons. The zero-order chi connectivity index (χ0) is 29.4. The van der Waals surface area contributed by atoms with Crippen molar-refractivity contribution in [3.63, 3.8) is 0 Å². The van der Waals surface area contributed by atoms with E-state index in [2.05, 4.69) is 11.4 Å². The van der Waals surface area contributed by atoms with Gasteiger partial charge in [-0.25, -0.2) is 14.0 Å². The number of urea groups is 1.